The second-order valence-corrected chi connectivity index (χ2v) is 4.03. The summed E-state index contributed by atoms with van der Waals surface area (Å²) >= 11 is 0. The first kappa shape index (κ1) is 11.0. The van der Waals surface area contributed by atoms with E-state index in [-0.39, 0.29) is 5.56 Å². The van der Waals surface area contributed by atoms with Gasteiger partial charge in [0, 0.05) is 18.2 Å². The molecule has 0 aliphatic rings. The largest absolute Gasteiger partial charge is 0.311 e. The van der Waals surface area contributed by atoms with E-state index in [0.29, 0.717) is 5.92 Å². The van der Waals surface area contributed by atoms with E-state index < -0.39 is 0 Å². The van der Waals surface area contributed by atoms with Crippen LogP contribution in [0.4, 0.5) is 0 Å². The van der Waals surface area contributed by atoms with Crippen molar-refractivity contribution in [1.82, 2.24) is 9.97 Å². The summed E-state index contributed by atoms with van der Waals surface area (Å²) in [7, 11) is 0. The normalized spacial score (nSPS) is 10.9. The standard InChI is InChI=1S/C11H18N2O/c1-4-5-10-12-9(6-8(2)3)7-11(14)13-10/h7-8H,4-6H2,1-3H3,(H,12,13,14). The second kappa shape index (κ2) is 4.94. The van der Waals surface area contributed by atoms with Crippen molar-refractivity contribution in [2.75, 3.05) is 0 Å². The highest BCUT2D eigenvalue weighted by Crippen LogP contribution is 2.03. The lowest BCUT2D eigenvalue weighted by atomic mass is 10.1. The predicted molar refractivity (Wildman–Crippen MR) is 57.4 cm³/mol. The number of nitrogens with one attached hydrogen (secondary N) is 1. The molecule has 14 heavy (non-hydrogen) atoms. The average molecular weight is 194 g/mol. The van der Waals surface area contributed by atoms with Crippen molar-refractivity contribution < 1.29 is 0 Å². The average Bonchev–Trinajstić information content (AvgIpc) is 2.01. The Morgan fingerprint density at radius 1 is 1.50 bits per heavy atom. The van der Waals surface area contributed by atoms with Crippen LogP contribution in [-0.2, 0) is 12.8 Å². The molecular weight excluding hydrogens is 176 g/mol. The Hall–Kier alpha value is -1.12. The van der Waals surface area contributed by atoms with Crippen LogP contribution >= 0.6 is 0 Å². The quantitative estimate of drug-likeness (QED) is 0.796. The summed E-state index contributed by atoms with van der Waals surface area (Å²) in [5.74, 6) is 1.36. The van der Waals surface area contributed by atoms with E-state index in [1.165, 1.54) is 0 Å². The maximum Gasteiger partial charge on any atom is 0.251 e. The fraction of sp³-hybridized carbons (Fsp3) is 0.636. The van der Waals surface area contributed by atoms with Crippen molar-refractivity contribution >= 4 is 0 Å². The van der Waals surface area contributed by atoms with Gasteiger partial charge in [0.05, 0.1) is 0 Å². The Labute approximate surface area is 84.6 Å². The fourth-order valence-corrected chi connectivity index (χ4v) is 1.44. The van der Waals surface area contributed by atoms with Gasteiger partial charge in [-0.25, -0.2) is 4.98 Å². The number of hydrogen-bond donors (Lipinski definition) is 1. The predicted octanol–water partition coefficient (Wildman–Crippen LogP) is 1.92. The van der Waals surface area contributed by atoms with E-state index in [4.69, 9.17) is 0 Å². The minimum Gasteiger partial charge on any atom is -0.311 e. The van der Waals surface area contributed by atoms with Gasteiger partial charge < -0.3 is 4.98 Å². The van der Waals surface area contributed by atoms with Crippen LogP contribution in [0, 0.1) is 5.92 Å². The van der Waals surface area contributed by atoms with Crippen LogP contribution in [0.5, 0.6) is 0 Å². The molecule has 1 aromatic heterocycles. The molecule has 0 bridgehead atoms. The van der Waals surface area contributed by atoms with Crippen LogP contribution in [0.1, 0.15) is 38.7 Å². The molecule has 3 heteroatoms. The number of aromatic amines is 1. The molecule has 1 N–H and O–H groups in total. The second-order valence-electron chi connectivity index (χ2n) is 4.03. The molecule has 78 valence electrons. The van der Waals surface area contributed by atoms with Crippen LogP contribution in [0.2, 0.25) is 0 Å². The maximum atomic E-state index is 11.3. The van der Waals surface area contributed by atoms with E-state index in [2.05, 4.69) is 30.7 Å². The number of rotatable bonds is 4. The summed E-state index contributed by atoms with van der Waals surface area (Å²) in [5.41, 5.74) is 0.881. The highest BCUT2D eigenvalue weighted by molar-refractivity contribution is 5.03. The van der Waals surface area contributed by atoms with Gasteiger partial charge in [-0.05, 0) is 18.8 Å². The highest BCUT2D eigenvalue weighted by Gasteiger charge is 2.02. The summed E-state index contributed by atoms with van der Waals surface area (Å²) < 4.78 is 0. The zero-order valence-corrected chi connectivity index (χ0v) is 9.13. The zero-order chi connectivity index (χ0) is 10.6. The lowest BCUT2D eigenvalue weighted by molar-refractivity contribution is 0.627. The van der Waals surface area contributed by atoms with Gasteiger partial charge >= 0.3 is 0 Å². The van der Waals surface area contributed by atoms with Crippen molar-refractivity contribution in [3.63, 3.8) is 0 Å². The van der Waals surface area contributed by atoms with E-state index in [1.807, 2.05) is 0 Å². The first-order chi connectivity index (χ1) is 6.61. The molecule has 0 aliphatic carbocycles. The van der Waals surface area contributed by atoms with Crippen molar-refractivity contribution in [2.24, 2.45) is 5.92 Å². The van der Waals surface area contributed by atoms with Gasteiger partial charge in [-0.15, -0.1) is 0 Å². The fourth-order valence-electron chi connectivity index (χ4n) is 1.44. The van der Waals surface area contributed by atoms with Crippen LogP contribution in [-0.4, -0.2) is 9.97 Å². The first-order valence-corrected chi connectivity index (χ1v) is 5.21. The van der Waals surface area contributed by atoms with Gasteiger partial charge in [-0.2, -0.15) is 0 Å². The molecular formula is C11H18N2O. The lowest BCUT2D eigenvalue weighted by Crippen LogP contribution is -2.13. The molecule has 3 nitrogen and oxygen atoms in total. The number of H-pyrrole nitrogens is 1. The molecule has 0 atom stereocenters. The van der Waals surface area contributed by atoms with Crippen LogP contribution in [0.3, 0.4) is 0 Å². The monoisotopic (exact) mass is 194 g/mol. The molecule has 0 radical (unpaired) electrons. The van der Waals surface area contributed by atoms with E-state index in [1.54, 1.807) is 6.07 Å². The van der Waals surface area contributed by atoms with E-state index in [0.717, 1.165) is 30.8 Å². The van der Waals surface area contributed by atoms with Gasteiger partial charge in [-0.1, -0.05) is 20.8 Å². The Kier molecular flexibility index (Phi) is 3.86. The molecule has 0 aromatic carbocycles. The summed E-state index contributed by atoms with van der Waals surface area (Å²) in [5, 5.41) is 0. The molecule has 0 fully saturated rings. The Balaban J connectivity index is 2.89. The first-order valence-electron chi connectivity index (χ1n) is 5.21. The van der Waals surface area contributed by atoms with Crippen LogP contribution in [0.15, 0.2) is 10.9 Å². The maximum absolute atomic E-state index is 11.3. The lowest BCUT2D eigenvalue weighted by Gasteiger charge is -2.05. The van der Waals surface area contributed by atoms with Crippen molar-refractivity contribution in [2.45, 2.75) is 40.0 Å². The third kappa shape index (κ3) is 3.32. The Morgan fingerprint density at radius 3 is 2.79 bits per heavy atom. The SMILES string of the molecule is CCCc1nc(CC(C)C)cc(=O)[nH]1. The molecule has 0 aliphatic heterocycles. The molecule has 1 aromatic rings. The van der Waals surface area contributed by atoms with Crippen molar-refractivity contribution in [3.05, 3.63) is 27.9 Å². The molecule has 0 amide bonds. The Morgan fingerprint density at radius 2 is 2.21 bits per heavy atom. The number of aromatic nitrogens is 2. The molecule has 1 heterocycles. The molecule has 0 saturated heterocycles. The number of nitrogens with zero attached hydrogens (tertiary/aromatic N) is 1. The van der Waals surface area contributed by atoms with Crippen molar-refractivity contribution in [1.29, 1.82) is 0 Å². The van der Waals surface area contributed by atoms with Crippen molar-refractivity contribution in [3.8, 4) is 0 Å². The molecule has 1 rings (SSSR count). The summed E-state index contributed by atoms with van der Waals surface area (Å²) in [6.45, 7) is 6.33. The van der Waals surface area contributed by atoms with Gasteiger partial charge in [0.1, 0.15) is 5.82 Å². The third-order valence-corrected chi connectivity index (χ3v) is 1.95. The van der Waals surface area contributed by atoms with E-state index in [9.17, 15) is 4.79 Å². The summed E-state index contributed by atoms with van der Waals surface area (Å²) in [6, 6.07) is 1.60. The molecule has 0 saturated carbocycles. The summed E-state index contributed by atoms with van der Waals surface area (Å²) in [4.78, 5) is 18.4. The third-order valence-electron chi connectivity index (χ3n) is 1.95. The minimum atomic E-state index is -0.0286. The minimum absolute atomic E-state index is 0.0286. The van der Waals surface area contributed by atoms with E-state index >= 15 is 0 Å². The van der Waals surface area contributed by atoms with Crippen LogP contribution in [0.25, 0.3) is 0 Å². The van der Waals surface area contributed by atoms with Gasteiger partial charge in [0.2, 0.25) is 0 Å². The summed E-state index contributed by atoms with van der Waals surface area (Å²) in [6.07, 6.45) is 2.73. The van der Waals surface area contributed by atoms with Gasteiger partial charge in [-0.3, -0.25) is 4.79 Å². The zero-order valence-electron chi connectivity index (χ0n) is 9.13. The Bertz CT molecular complexity index is 341. The van der Waals surface area contributed by atoms with Crippen LogP contribution < -0.4 is 5.56 Å². The topological polar surface area (TPSA) is 45.8 Å². The highest BCUT2D eigenvalue weighted by atomic mass is 16.1. The molecule has 0 unspecified atom stereocenters. The number of hydrogen-bond acceptors (Lipinski definition) is 2. The number of aryl methyl sites for hydroxylation is 1. The molecule has 0 spiro atoms. The van der Waals surface area contributed by atoms with Gasteiger partial charge in [0.15, 0.2) is 0 Å². The smallest absolute Gasteiger partial charge is 0.251 e. The van der Waals surface area contributed by atoms with Gasteiger partial charge in [0.25, 0.3) is 5.56 Å².